The van der Waals surface area contributed by atoms with Crippen molar-refractivity contribution in [3.05, 3.63) is 63.3 Å². The zero-order valence-corrected chi connectivity index (χ0v) is 16.6. The van der Waals surface area contributed by atoms with E-state index in [2.05, 4.69) is 15.6 Å². The molecular weight excluding hydrogens is 394 g/mol. The van der Waals surface area contributed by atoms with Crippen molar-refractivity contribution in [1.82, 2.24) is 10.3 Å². The van der Waals surface area contributed by atoms with Crippen LogP contribution in [0.15, 0.2) is 47.2 Å². The summed E-state index contributed by atoms with van der Waals surface area (Å²) in [6, 6.07) is 11.8. The van der Waals surface area contributed by atoms with E-state index in [9.17, 15) is 9.59 Å². The zero-order chi connectivity index (χ0) is 19.3. The molecule has 1 aliphatic rings. The molecule has 2 N–H and O–H groups in total. The third-order valence-corrected chi connectivity index (χ3v) is 5.98. The molecule has 1 aromatic carbocycles. The predicted octanol–water partition coefficient (Wildman–Crippen LogP) is 3.05. The molecule has 3 aromatic rings. The second-order valence-electron chi connectivity index (χ2n) is 6.48. The maximum atomic E-state index is 12.2. The van der Waals surface area contributed by atoms with Crippen molar-refractivity contribution >= 4 is 39.6 Å². The number of thiazole rings is 1. The van der Waals surface area contributed by atoms with E-state index in [1.807, 2.05) is 41.8 Å². The summed E-state index contributed by atoms with van der Waals surface area (Å²) in [6.45, 7) is 0.460. The molecule has 0 saturated heterocycles. The normalized spacial score (nSPS) is 14.9. The minimum absolute atomic E-state index is 0.0381. The minimum atomic E-state index is -0.110. The monoisotopic (exact) mass is 413 g/mol. The van der Waals surface area contributed by atoms with Crippen molar-refractivity contribution in [2.24, 2.45) is 0 Å². The summed E-state index contributed by atoms with van der Waals surface area (Å²) in [5.41, 5.74) is 1.81. The number of aromatic nitrogens is 1. The van der Waals surface area contributed by atoms with E-state index in [-0.39, 0.29) is 24.3 Å². The molecule has 1 atom stereocenters. The van der Waals surface area contributed by atoms with Crippen LogP contribution in [-0.4, -0.2) is 29.4 Å². The lowest BCUT2D eigenvalue weighted by molar-refractivity contribution is -0.120. The molecule has 3 heterocycles. The van der Waals surface area contributed by atoms with Gasteiger partial charge < -0.3 is 15.4 Å². The van der Waals surface area contributed by atoms with E-state index in [0.717, 1.165) is 17.0 Å². The van der Waals surface area contributed by atoms with Crippen molar-refractivity contribution < 1.29 is 14.3 Å². The molecule has 144 valence electrons. The van der Waals surface area contributed by atoms with E-state index in [4.69, 9.17) is 4.74 Å². The Bertz CT molecular complexity index is 944. The van der Waals surface area contributed by atoms with E-state index in [0.29, 0.717) is 23.8 Å². The van der Waals surface area contributed by atoms with Gasteiger partial charge in [0.2, 0.25) is 11.8 Å². The highest BCUT2D eigenvalue weighted by atomic mass is 32.1. The van der Waals surface area contributed by atoms with Crippen molar-refractivity contribution in [1.29, 1.82) is 0 Å². The van der Waals surface area contributed by atoms with Gasteiger partial charge in [0.05, 0.1) is 25.1 Å². The molecule has 1 aliphatic heterocycles. The first-order chi connectivity index (χ1) is 13.7. The lowest BCUT2D eigenvalue weighted by atomic mass is 10.1. The first kappa shape index (κ1) is 18.6. The van der Waals surface area contributed by atoms with Crippen LogP contribution >= 0.6 is 22.7 Å². The SMILES string of the molecule is O=C(Cc1csc(NC(=O)Cc2cccs2)n1)NC[C@H]1Cc2ccccc2O1. The Balaban J connectivity index is 1.21. The molecule has 2 amide bonds. The Morgan fingerprint density at radius 2 is 2.00 bits per heavy atom. The molecule has 2 aromatic heterocycles. The van der Waals surface area contributed by atoms with E-state index >= 15 is 0 Å². The summed E-state index contributed by atoms with van der Waals surface area (Å²) in [4.78, 5) is 29.6. The third kappa shape index (κ3) is 4.76. The van der Waals surface area contributed by atoms with Gasteiger partial charge in [-0.2, -0.15) is 0 Å². The van der Waals surface area contributed by atoms with Crippen LogP contribution in [0, 0.1) is 0 Å². The molecular formula is C20H19N3O3S2. The Hall–Kier alpha value is -2.71. The standard InChI is InChI=1S/C20H19N3O3S2/c24-18(21-11-15-8-13-4-1-2-6-17(13)26-15)9-14-12-28-20(22-14)23-19(25)10-16-5-3-7-27-16/h1-7,12,15H,8-11H2,(H,21,24)(H,22,23,25)/t15-/m1/s1. The molecule has 0 fully saturated rings. The molecule has 6 nitrogen and oxygen atoms in total. The van der Waals surface area contributed by atoms with Gasteiger partial charge in [0.25, 0.3) is 0 Å². The van der Waals surface area contributed by atoms with Gasteiger partial charge in [0, 0.05) is 16.7 Å². The fourth-order valence-electron chi connectivity index (χ4n) is 3.00. The number of benzene rings is 1. The molecule has 0 spiro atoms. The van der Waals surface area contributed by atoms with Gasteiger partial charge in [-0.05, 0) is 23.1 Å². The fraction of sp³-hybridized carbons (Fsp3) is 0.250. The summed E-state index contributed by atoms with van der Waals surface area (Å²) in [6.07, 6.45) is 1.27. The van der Waals surface area contributed by atoms with Crippen LogP contribution in [0.25, 0.3) is 0 Å². The molecule has 28 heavy (non-hydrogen) atoms. The van der Waals surface area contributed by atoms with Crippen molar-refractivity contribution in [3.63, 3.8) is 0 Å². The molecule has 0 saturated carbocycles. The maximum Gasteiger partial charge on any atom is 0.231 e. The Morgan fingerprint density at radius 1 is 1.11 bits per heavy atom. The summed E-state index contributed by atoms with van der Waals surface area (Å²) >= 11 is 2.87. The number of fused-ring (bicyclic) bond motifs is 1. The van der Waals surface area contributed by atoms with E-state index in [1.165, 1.54) is 16.9 Å². The molecule has 0 aliphatic carbocycles. The molecule has 0 unspecified atom stereocenters. The highest BCUT2D eigenvalue weighted by Crippen LogP contribution is 2.27. The number of thiophene rings is 1. The Morgan fingerprint density at radius 3 is 2.82 bits per heavy atom. The quantitative estimate of drug-likeness (QED) is 0.624. The van der Waals surface area contributed by atoms with Crippen LogP contribution in [0.4, 0.5) is 5.13 Å². The maximum absolute atomic E-state index is 12.2. The van der Waals surface area contributed by atoms with Gasteiger partial charge >= 0.3 is 0 Å². The average molecular weight is 414 g/mol. The Labute approximate surface area is 170 Å². The average Bonchev–Trinajstić information content (AvgIpc) is 3.41. The third-order valence-electron chi connectivity index (χ3n) is 4.30. The number of anilines is 1. The van der Waals surface area contributed by atoms with Crippen LogP contribution < -0.4 is 15.4 Å². The lowest BCUT2D eigenvalue weighted by Gasteiger charge is -2.11. The number of ether oxygens (including phenoxy) is 1. The van der Waals surface area contributed by atoms with Gasteiger partial charge in [0.1, 0.15) is 11.9 Å². The summed E-state index contributed by atoms with van der Waals surface area (Å²) in [7, 11) is 0. The molecule has 0 radical (unpaired) electrons. The predicted molar refractivity (Wildman–Crippen MR) is 110 cm³/mol. The number of hydrogen-bond donors (Lipinski definition) is 2. The first-order valence-electron chi connectivity index (χ1n) is 8.93. The lowest BCUT2D eigenvalue weighted by Crippen LogP contribution is -2.35. The number of hydrogen-bond acceptors (Lipinski definition) is 6. The molecule has 4 rings (SSSR count). The second-order valence-corrected chi connectivity index (χ2v) is 8.37. The van der Waals surface area contributed by atoms with Crippen molar-refractivity contribution in [2.75, 3.05) is 11.9 Å². The van der Waals surface area contributed by atoms with Crippen molar-refractivity contribution in [2.45, 2.75) is 25.4 Å². The van der Waals surface area contributed by atoms with Gasteiger partial charge in [-0.15, -0.1) is 22.7 Å². The van der Waals surface area contributed by atoms with Crippen LogP contribution in [-0.2, 0) is 28.9 Å². The van der Waals surface area contributed by atoms with Crippen LogP contribution in [0.2, 0.25) is 0 Å². The summed E-state index contributed by atoms with van der Waals surface area (Å²) in [5.74, 6) is 0.677. The number of rotatable bonds is 7. The van der Waals surface area contributed by atoms with Crippen molar-refractivity contribution in [3.8, 4) is 5.75 Å². The first-order valence-corrected chi connectivity index (χ1v) is 10.7. The molecule has 8 heteroatoms. The number of nitrogens with zero attached hydrogens (tertiary/aromatic N) is 1. The number of carbonyl (C=O) groups excluding carboxylic acids is 2. The number of nitrogens with one attached hydrogen (secondary N) is 2. The minimum Gasteiger partial charge on any atom is -0.488 e. The number of para-hydroxylation sites is 1. The summed E-state index contributed by atoms with van der Waals surface area (Å²) in [5, 5.41) is 9.94. The number of amides is 2. The fourth-order valence-corrected chi connectivity index (χ4v) is 4.43. The van der Waals surface area contributed by atoms with Gasteiger partial charge in [-0.25, -0.2) is 4.98 Å². The van der Waals surface area contributed by atoms with Crippen LogP contribution in [0.5, 0.6) is 5.75 Å². The zero-order valence-electron chi connectivity index (χ0n) is 15.0. The van der Waals surface area contributed by atoms with Gasteiger partial charge in [0.15, 0.2) is 5.13 Å². The van der Waals surface area contributed by atoms with Crippen LogP contribution in [0.1, 0.15) is 16.1 Å². The number of carbonyl (C=O) groups is 2. The highest BCUT2D eigenvalue weighted by molar-refractivity contribution is 7.14. The topological polar surface area (TPSA) is 80.3 Å². The smallest absolute Gasteiger partial charge is 0.231 e. The largest absolute Gasteiger partial charge is 0.488 e. The molecule has 0 bridgehead atoms. The van der Waals surface area contributed by atoms with E-state index in [1.54, 1.807) is 16.7 Å². The summed E-state index contributed by atoms with van der Waals surface area (Å²) < 4.78 is 5.82. The Kier molecular flexibility index (Phi) is 5.68. The second kappa shape index (κ2) is 8.53. The van der Waals surface area contributed by atoms with Gasteiger partial charge in [-0.3, -0.25) is 9.59 Å². The van der Waals surface area contributed by atoms with Gasteiger partial charge in [-0.1, -0.05) is 24.3 Å². The highest BCUT2D eigenvalue weighted by Gasteiger charge is 2.22. The van der Waals surface area contributed by atoms with E-state index < -0.39 is 0 Å². The van der Waals surface area contributed by atoms with Crippen LogP contribution in [0.3, 0.4) is 0 Å².